The molecule has 12 heteroatoms. The maximum Gasteiger partial charge on any atom is 0.312 e. The van der Waals surface area contributed by atoms with Gasteiger partial charge in [-0.25, -0.2) is 4.79 Å². The Labute approximate surface area is 257 Å². The van der Waals surface area contributed by atoms with Crippen LogP contribution in [0.25, 0.3) is 0 Å². The number of carbonyl (C=O) groups is 5. The molecule has 0 saturated carbocycles. The Morgan fingerprint density at radius 1 is 0.837 bits per heavy atom. The van der Waals surface area contributed by atoms with Crippen molar-refractivity contribution in [1.29, 1.82) is 0 Å². The van der Waals surface area contributed by atoms with Crippen LogP contribution in [0.2, 0.25) is 0 Å². The molecule has 0 radical (unpaired) electrons. The van der Waals surface area contributed by atoms with Gasteiger partial charge in [0, 0.05) is 19.4 Å². The molecule has 0 heterocycles. The Kier molecular flexibility index (Phi) is 16.0. The Bertz CT molecular complexity index is 1240. The van der Waals surface area contributed by atoms with Gasteiger partial charge in [-0.1, -0.05) is 66.6 Å². The van der Waals surface area contributed by atoms with Crippen molar-refractivity contribution >= 4 is 42.2 Å². The Balaban J connectivity index is 2.23. The molecule has 43 heavy (non-hydrogen) atoms. The van der Waals surface area contributed by atoms with Crippen molar-refractivity contribution in [3.8, 4) is 12.3 Å². The van der Waals surface area contributed by atoms with Crippen LogP contribution in [0, 0.1) is 12.3 Å². The summed E-state index contributed by atoms with van der Waals surface area (Å²) in [5, 5.41) is 10.7. The molecule has 0 aromatic heterocycles. The third kappa shape index (κ3) is 13.9. The van der Waals surface area contributed by atoms with Crippen LogP contribution in [0.15, 0.2) is 60.7 Å². The van der Waals surface area contributed by atoms with Crippen molar-refractivity contribution in [1.82, 2.24) is 21.3 Å². The van der Waals surface area contributed by atoms with E-state index in [9.17, 15) is 24.0 Å². The van der Waals surface area contributed by atoms with E-state index in [0.717, 1.165) is 11.1 Å². The van der Waals surface area contributed by atoms with Crippen LogP contribution in [-0.4, -0.2) is 73.2 Å². The molecule has 11 nitrogen and oxygen atoms in total. The molecular weight excluding hydrogens is 570 g/mol. The van der Waals surface area contributed by atoms with Gasteiger partial charge >= 0.3 is 6.03 Å². The number of ether oxygens (including phenoxy) is 1. The summed E-state index contributed by atoms with van der Waals surface area (Å²) < 4.78 is 5.18. The second-order valence-corrected chi connectivity index (χ2v) is 10.0. The monoisotopic (exact) mass is 609 g/mol. The van der Waals surface area contributed by atoms with E-state index in [4.69, 9.17) is 16.9 Å². The number of carbonyl (C=O) groups excluding carboxylic acids is 5. The lowest BCUT2D eigenvalue weighted by atomic mass is 10.0. The van der Waals surface area contributed by atoms with Gasteiger partial charge in [0.2, 0.25) is 17.7 Å². The number of primary amides is 1. The van der Waals surface area contributed by atoms with Crippen LogP contribution in [0.1, 0.15) is 30.4 Å². The molecule has 0 bridgehead atoms. The molecule has 230 valence electrons. The van der Waals surface area contributed by atoms with E-state index in [1.807, 2.05) is 60.7 Å². The zero-order chi connectivity index (χ0) is 31.5. The zero-order valence-corrected chi connectivity index (χ0v) is 24.8. The second-order valence-electron chi connectivity index (χ2n) is 9.69. The van der Waals surface area contributed by atoms with Crippen LogP contribution in [-0.2, 0) is 36.8 Å². The van der Waals surface area contributed by atoms with Gasteiger partial charge in [0.15, 0.2) is 5.78 Å². The Morgan fingerprint density at radius 2 is 1.37 bits per heavy atom. The molecule has 0 aliphatic heterocycles. The van der Waals surface area contributed by atoms with Gasteiger partial charge in [0.25, 0.3) is 0 Å². The van der Waals surface area contributed by atoms with Crippen LogP contribution < -0.4 is 27.0 Å². The van der Waals surface area contributed by atoms with Crippen LogP contribution in [0.3, 0.4) is 0 Å². The summed E-state index contributed by atoms with van der Waals surface area (Å²) in [6.45, 7) is 0.375. The highest BCUT2D eigenvalue weighted by molar-refractivity contribution is 7.81. The number of ketones is 1. The fraction of sp³-hybridized carbons (Fsp3) is 0.387. The summed E-state index contributed by atoms with van der Waals surface area (Å²) in [7, 11) is 0. The van der Waals surface area contributed by atoms with Crippen LogP contribution in [0.4, 0.5) is 4.79 Å². The second kappa shape index (κ2) is 19.7. The predicted octanol–water partition coefficient (Wildman–Crippen LogP) is 0.914. The SMILES string of the molecule is C#CCOCCC(=O)N[C@H](Cc1ccccc1)C(=O)N[C@@H](Cc1ccccc1)C(=O)N[C@@H](CCCNC(N)=O)C(=O)CS. The van der Waals surface area contributed by atoms with E-state index in [2.05, 4.69) is 39.8 Å². The number of nitrogens with one attached hydrogen (secondary N) is 4. The Hall–Kier alpha value is -4.34. The van der Waals surface area contributed by atoms with E-state index in [-0.39, 0.29) is 57.0 Å². The largest absolute Gasteiger partial charge is 0.368 e. The predicted molar refractivity (Wildman–Crippen MR) is 166 cm³/mol. The van der Waals surface area contributed by atoms with Gasteiger partial charge in [0.1, 0.15) is 18.7 Å². The molecule has 0 aliphatic rings. The van der Waals surface area contributed by atoms with Gasteiger partial charge in [-0.2, -0.15) is 12.6 Å². The normalized spacial score (nSPS) is 12.6. The van der Waals surface area contributed by atoms with Gasteiger partial charge in [0.05, 0.1) is 24.8 Å². The zero-order valence-electron chi connectivity index (χ0n) is 23.9. The van der Waals surface area contributed by atoms with Gasteiger partial charge in [-0.05, 0) is 24.0 Å². The fourth-order valence-electron chi connectivity index (χ4n) is 4.17. The molecule has 3 atom stereocenters. The minimum absolute atomic E-state index is 0.00763. The number of nitrogens with two attached hydrogens (primary N) is 1. The van der Waals surface area contributed by atoms with Gasteiger partial charge in [-0.15, -0.1) is 6.42 Å². The van der Waals surface area contributed by atoms with Crippen molar-refractivity contribution < 1.29 is 28.7 Å². The highest BCUT2D eigenvalue weighted by atomic mass is 32.1. The van der Waals surface area contributed by atoms with Gasteiger partial charge in [-0.3, -0.25) is 19.2 Å². The summed E-state index contributed by atoms with van der Waals surface area (Å²) in [6.07, 6.45) is 6.08. The number of Topliss-reactive ketones (excluding diaryl/α,β-unsaturated/α-hetero) is 1. The van der Waals surface area contributed by atoms with E-state index in [0.29, 0.717) is 6.42 Å². The topological polar surface area (TPSA) is 169 Å². The van der Waals surface area contributed by atoms with Crippen molar-refractivity contribution in [2.45, 2.75) is 50.2 Å². The number of rotatable bonds is 19. The highest BCUT2D eigenvalue weighted by Crippen LogP contribution is 2.09. The molecule has 0 saturated heterocycles. The molecule has 6 N–H and O–H groups in total. The van der Waals surface area contributed by atoms with Crippen LogP contribution in [0.5, 0.6) is 0 Å². The summed E-state index contributed by atoms with van der Waals surface area (Å²) in [5.74, 6) is 0.335. The average molecular weight is 610 g/mol. The fourth-order valence-corrected chi connectivity index (χ4v) is 4.39. The third-order valence-corrected chi connectivity index (χ3v) is 6.65. The minimum Gasteiger partial charge on any atom is -0.368 e. The van der Waals surface area contributed by atoms with Crippen molar-refractivity contribution in [2.24, 2.45) is 5.73 Å². The molecule has 0 unspecified atom stereocenters. The molecule has 2 rings (SSSR count). The summed E-state index contributed by atoms with van der Waals surface area (Å²) in [4.78, 5) is 63.4. The average Bonchev–Trinajstić information content (AvgIpc) is 3.00. The van der Waals surface area contributed by atoms with E-state index in [1.54, 1.807) is 0 Å². The minimum atomic E-state index is -1.07. The van der Waals surface area contributed by atoms with Gasteiger partial charge < -0.3 is 31.7 Å². The lowest BCUT2D eigenvalue weighted by Gasteiger charge is -2.25. The van der Waals surface area contributed by atoms with Crippen LogP contribution >= 0.6 is 12.6 Å². The number of terminal acetylenes is 1. The van der Waals surface area contributed by atoms with Crippen molar-refractivity contribution in [3.05, 3.63) is 71.8 Å². The number of hydrogen-bond donors (Lipinski definition) is 6. The number of urea groups is 1. The van der Waals surface area contributed by atoms with E-state index >= 15 is 0 Å². The van der Waals surface area contributed by atoms with Crippen molar-refractivity contribution in [3.63, 3.8) is 0 Å². The molecule has 0 aliphatic carbocycles. The molecule has 0 fully saturated rings. The summed E-state index contributed by atoms with van der Waals surface area (Å²) in [6, 6.07) is 14.6. The molecule has 0 spiro atoms. The molecular formula is C31H39N5O6S. The molecule has 2 aromatic rings. The summed E-state index contributed by atoms with van der Waals surface area (Å²) in [5.41, 5.74) is 6.68. The van der Waals surface area contributed by atoms with E-state index < -0.39 is 41.9 Å². The van der Waals surface area contributed by atoms with Crippen molar-refractivity contribution in [2.75, 3.05) is 25.5 Å². The first-order valence-electron chi connectivity index (χ1n) is 13.9. The number of benzene rings is 2. The lowest BCUT2D eigenvalue weighted by molar-refractivity contribution is -0.133. The molecule has 2 aromatic carbocycles. The first-order chi connectivity index (χ1) is 20.7. The quantitative estimate of drug-likeness (QED) is 0.0786. The third-order valence-electron chi connectivity index (χ3n) is 6.34. The van der Waals surface area contributed by atoms with E-state index in [1.165, 1.54) is 0 Å². The highest BCUT2D eigenvalue weighted by Gasteiger charge is 2.29. The number of amides is 5. The Morgan fingerprint density at radius 3 is 1.88 bits per heavy atom. The molecule has 5 amide bonds. The standard InChI is InChI=1S/C31H39N5O6S/c1-2-17-42-18-15-28(38)34-25(19-22-10-5-3-6-11-22)29(39)36-26(20-23-12-7-4-8-13-23)30(40)35-24(27(37)21-43)14-9-16-33-31(32)41/h1,3-8,10-13,24-26,43H,9,14-21H2,(H,34,38)(H,35,40)(H,36,39)(H3,32,33,41)/t24-,25+,26-/m0/s1. The smallest absolute Gasteiger partial charge is 0.312 e. The first-order valence-corrected chi connectivity index (χ1v) is 14.5. The maximum atomic E-state index is 13.6. The number of thiol groups is 1. The lowest BCUT2D eigenvalue weighted by Crippen LogP contribution is -2.57. The summed E-state index contributed by atoms with van der Waals surface area (Å²) >= 11 is 4.07. The maximum absolute atomic E-state index is 13.6. The first kappa shape index (κ1) is 34.9. The number of hydrogen-bond acceptors (Lipinski definition) is 7.